The SMILES string of the molecule is C\C=C(F)/C(C)=C\C=C\CCOC. The van der Waals surface area contributed by atoms with Crippen molar-refractivity contribution in [2.24, 2.45) is 0 Å². The summed E-state index contributed by atoms with van der Waals surface area (Å²) in [5, 5.41) is 0. The molecule has 0 saturated heterocycles. The van der Waals surface area contributed by atoms with E-state index in [9.17, 15) is 4.39 Å². The number of halogens is 1. The molecule has 0 aromatic rings. The standard InChI is InChI=1S/C11H17FO/c1-4-11(12)10(2)8-6-5-7-9-13-3/h4-6,8H,7,9H2,1-3H3/b6-5+,10-8-,11-4+. The second-order valence-electron chi connectivity index (χ2n) is 2.70. The second-order valence-corrected chi connectivity index (χ2v) is 2.70. The van der Waals surface area contributed by atoms with E-state index in [0.29, 0.717) is 12.2 Å². The monoisotopic (exact) mass is 184 g/mol. The average Bonchev–Trinajstić information content (AvgIpc) is 2.16. The predicted octanol–water partition coefficient (Wildman–Crippen LogP) is 3.40. The summed E-state index contributed by atoms with van der Waals surface area (Å²) in [7, 11) is 1.66. The molecular weight excluding hydrogens is 167 g/mol. The molecule has 0 bridgehead atoms. The molecular formula is C11H17FO. The Bertz CT molecular complexity index is 214. The van der Waals surface area contributed by atoms with Crippen molar-refractivity contribution in [1.29, 1.82) is 0 Å². The zero-order valence-electron chi connectivity index (χ0n) is 8.51. The third kappa shape index (κ3) is 6.29. The van der Waals surface area contributed by atoms with Crippen molar-refractivity contribution in [2.75, 3.05) is 13.7 Å². The molecule has 13 heavy (non-hydrogen) atoms. The van der Waals surface area contributed by atoms with Gasteiger partial charge in [0.1, 0.15) is 5.83 Å². The van der Waals surface area contributed by atoms with Gasteiger partial charge in [0.05, 0.1) is 0 Å². The zero-order chi connectivity index (χ0) is 10.1. The highest BCUT2D eigenvalue weighted by Crippen LogP contribution is 2.09. The van der Waals surface area contributed by atoms with E-state index < -0.39 is 0 Å². The average molecular weight is 184 g/mol. The molecule has 0 aromatic heterocycles. The molecule has 2 heteroatoms. The third-order valence-corrected chi connectivity index (χ3v) is 1.60. The van der Waals surface area contributed by atoms with Gasteiger partial charge >= 0.3 is 0 Å². The van der Waals surface area contributed by atoms with Crippen molar-refractivity contribution in [2.45, 2.75) is 20.3 Å². The maximum absolute atomic E-state index is 12.8. The van der Waals surface area contributed by atoms with E-state index in [1.54, 1.807) is 27.0 Å². The summed E-state index contributed by atoms with van der Waals surface area (Å²) in [6, 6.07) is 0. The topological polar surface area (TPSA) is 9.23 Å². The van der Waals surface area contributed by atoms with E-state index in [-0.39, 0.29) is 5.83 Å². The summed E-state index contributed by atoms with van der Waals surface area (Å²) < 4.78 is 17.7. The fraction of sp³-hybridized carbons (Fsp3) is 0.455. The number of hydrogen-bond acceptors (Lipinski definition) is 1. The van der Waals surface area contributed by atoms with Crippen molar-refractivity contribution >= 4 is 0 Å². The number of rotatable bonds is 5. The summed E-state index contributed by atoms with van der Waals surface area (Å²) in [5.74, 6) is -0.170. The lowest BCUT2D eigenvalue weighted by Crippen LogP contribution is -1.83. The van der Waals surface area contributed by atoms with Gasteiger partial charge in [0.25, 0.3) is 0 Å². The van der Waals surface area contributed by atoms with Crippen molar-refractivity contribution in [3.63, 3.8) is 0 Å². The molecule has 0 aliphatic carbocycles. The second kappa shape index (κ2) is 7.74. The Balaban J connectivity index is 3.89. The summed E-state index contributed by atoms with van der Waals surface area (Å²) in [5.41, 5.74) is 0.649. The fourth-order valence-electron chi connectivity index (χ4n) is 0.802. The predicted molar refractivity (Wildman–Crippen MR) is 54.3 cm³/mol. The van der Waals surface area contributed by atoms with Crippen LogP contribution in [0.2, 0.25) is 0 Å². The van der Waals surface area contributed by atoms with Crippen LogP contribution in [0.25, 0.3) is 0 Å². The van der Waals surface area contributed by atoms with E-state index in [1.807, 2.05) is 12.2 Å². The molecule has 0 atom stereocenters. The van der Waals surface area contributed by atoms with Gasteiger partial charge in [-0.1, -0.05) is 24.3 Å². The van der Waals surface area contributed by atoms with Crippen LogP contribution in [-0.4, -0.2) is 13.7 Å². The summed E-state index contributed by atoms with van der Waals surface area (Å²) >= 11 is 0. The number of ether oxygens (including phenoxy) is 1. The quantitative estimate of drug-likeness (QED) is 0.470. The van der Waals surface area contributed by atoms with Crippen LogP contribution >= 0.6 is 0 Å². The molecule has 0 saturated carbocycles. The highest BCUT2D eigenvalue weighted by atomic mass is 19.1. The van der Waals surface area contributed by atoms with Crippen LogP contribution in [0.4, 0.5) is 4.39 Å². The molecule has 0 radical (unpaired) electrons. The largest absolute Gasteiger partial charge is 0.384 e. The Morgan fingerprint density at radius 1 is 1.46 bits per heavy atom. The van der Waals surface area contributed by atoms with Gasteiger partial charge in [0, 0.05) is 13.7 Å². The lowest BCUT2D eigenvalue weighted by Gasteiger charge is -1.93. The van der Waals surface area contributed by atoms with Crippen molar-refractivity contribution in [3.05, 3.63) is 35.7 Å². The molecule has 0 aromatic carbocycles. The van der Waals surface area contributed by atoms with Crippen LogP contribution in [-0.2, 0) is 4.74 Å². The van der Waals surface area contributed by atoms with Crippen LogP contribution in [0.1, 0.15) is 20.3 Å². The van der Waals surface area contributed by atoms with Gasteiger partial charge in [-0.05, 0) is 25.8 Å². The number of hydrogen-bond donors (Lipinski definition) is 0. The van der Waals surface area contributed by atoms with Gasteiger partial charge in [0.15, 0.2) is 0 Å². The normalized spacial score (nSPS) is 14.2. The first-order valence-corrected chi connectivity index (χ1v) is 4.37. The molecule has 0 N–H and O–H groups in total. The van der Waals surface area contributed by atoms with E-state index in [4.69, 9.17) is 4.74 Å². The first-order valence-electron chi connectivity index (χ1n) is 4.37. The third-order valence-electron chi connectivity index (χ3n) is 1.60. The molecule has 0 heterocycles. The zero-order valence-corrected chi connectivity index (χ0v) is 8.51. The Labute approximate surface area is 79.6 Å². The first-order chi connectivity index (χ1) is 6.22. The minimum Gasteiger partial charge on any atom is -0.384 e. The highest BCUT2D eigenvalue weighted by Gasteiger charge is 1.91. The van der Waals surface area contributed by atoms with E-state index in [2.05, 4.69) is 0 Å². The Kier molecular flexibility index (Phi) is 7.21. The van der Waals surface area contributed by atoms with Crippen LogP contribution in [0.15, 0.2) is 35.7 Å². The summed E-state index contributed by atoms with van der Waals surface area (Å²) in [4.78, 5) is 0. The van der Waals surface area contributed by atoms with Gasteiger partial charge in [-0.3, -0.25) is 0 Å². The lowest BCUT2D eigenvalue weighted by molar-refractivity contribution is 0.204. The van der Waals surface area contributed by atoms with E-state index in [0.717, 1.165) is 6.42 Å². The van der Waals surface area contributed by atoms with E-state index in [1.165, 1.54) is 6.08 Å². The number of methoxy groups -OCH3 is 1. The highest BCUT2D eigenvalue weighted by molar-refractivity contribution is 5.26. The van der Waals surface area contributed by atoms with Gasteiger partial charge in [-0.25, -0.2) is 4.39 Å². The van der Waals surface area contributed by atoms with Crippen molar-refractivity contribution in [1.82, 2.24) is 0 Å². The maximum atomic E-state index is 12.8. The minimum atomic E-state index is -0.170. The summed E-state index contributed by atoms with van der Waals surface area (Å²) in [6.07, 6.45) is 7.87. The molecule has 0 fully saturated rings. The minimum absolute atomic E-state index is 0.170. The Hall–Kier alpha value is -0.890. The first kappa shape index (κ1) is 12.1. The van der Waals surface area contributed by atoms with Crippen LogP contribution in [0, 0.1) is 0 Å². The maximum Gasteiger partial charge on any atom is 0.121 e. The van der Waals surface area contributed by atoms with Gasteiger partial charge in [0.2, 0.25) is 0 Å². The van der Waals surface area contributed by atoms with E-state index >= 15 is 0 Å². The Morgan fingerprint density at radius 2 is 2.15 bits per heavy atom. The van der Waals surface area contributed by atoms with Crippen LogP contribution in [0.3, 0.4) is 0 Å². The smallest absolute Gasteiger partial charge is 0.121 e. The van der Waals surface area contributed by atoms with Gasteiger partial charge in [-0.15, -0.1) is 0 Å². The van der Waals surface area contributed by atoms with Crippen molar-refractivity contribution < 1.29 is 9.13 Å². The Morgan fingerprint density at radius 3 is 2.69 bits per heavy atom. The molecule has 0 aliphatic heterocycles. The van der Waals surface area contributed by atoms with Gasteiger partial charge in [-0.2, -0.15) is 0 Å². The molecule has 0 spiro atoms. The lowest BCUT2D eigenvalue weighted by atomic mass is 10.2. The summed E-state index contributed by atoms with van der Waals surface area (Å²) in [6.45, 7) is 4.13. The molecule has 0 unspecified atom stereocenters. The van der Waals surface area contributed by atoms with Gasteiger partial charge < -0.3 is 4.74 Å². The molecule has 74 valence electrons. The molecule has 1 nitrogen and oxygen atoms in total. The molecule has 0 rings (SSSR count). The molecule has 0 aliphatic rings. The fourth-order valence-corrected chi connectivity index (χ4v) is 0.802. The number of allylic oxidation sites excluding steroid dienone is 5. The molecule has 0 amide bonds. The van der Waals surface area contributed by atoms with Crippen molar-refractivity contribution in [3.8, 4) is 0 Å². The van der Waals surface area contributed by atoms with Crippen LogP contribution in [0.5, 0.6) is 0 Å². The van der Waals surface area contributed by atoms with Crippen LogP contribution < -0.4 is 0 Å².